The van der Waals surface area contributed by atoms with Gasteiger partial charge in [-0.2, -0.15) is 0 Å². The highest BCUT2D eigenvalue weighted by molar-refractivity contribution is 5.81. The summed E-state index contributed by atoms with van der Waals surface area (Å²) in [7, 11) is 0. The van der Waals surface area contributed by atoms with Crippen LogP contribution in [0.5, 0.6) is 0 Å². The lowest BCUT2D eigenvalue weighted by Crippen LogP contribution is -2.37. The van der Waals surface area contributed by atoms with Crippen LogP contribution in [0.4, 0.5) is 22.7 Å². The predicted octanol–water partition coefficient (Wildman–Crippen LogP) is 7.81. The molecule has 0 aliphatic carbocycles. The first kappa shape index (κ1) is 19.8. The van der Waals surface area contributed by atoms with Crippen LogP contribution in [-0.4, -0.2) is 0 Å². The van der Waals surface area contributed by atoms with E-state index in [9.17, 15) is 0 Å². The number of aryl methyl sites for hydroxylation is 4. The zero-order chi connectivity index (χ0) is 21.1. The number of nitrogens with zero attached hydrogens (tertiary/aromatic N) is 2. The maximum atomic E-state index is 2.36. The first-order valence-electron chi connectivity index (χ1n) is 10.4. The van der Waals surface area contributed by atoms with E-state index in [1.165, 1.54) is 45.0 Å². The Morgan fingerprint density at radius 1 is 0.333 bits per heavy atom. The minimum atomic E-state index is 1.17. The quantitative estimate of drug-likeness (QED) is 0.320. The Hall–Kier alpha value is -3.52. The topological polar surface area (TPSA) is 6.48 Å². The van der Waals surface area contributed by atoms with Crippen molar-refractivity contribution < 1.29 is 0 Å². The summed E-state index contributed by atoms with van der Waals surface area (Å²) in [5.41, 5.74) is 9.58. The molecule has 0 unspecified atom stereocenters. The summed E-state index contributed by atoms with van der Waals surface area (Å²) in [5.74, 6) is 0. The van der Waals surface area contributed by atoms with Gasteiger partial charge >= 0.3 is 0 Å². The summed E-state index contributed by atoms with van der Waals surface area (Å²) < 4.78 is 0. The number of hydrazine groups is 1. The zero-order valence-electron chi connectivity index (χ0n) is 18.1. The molecule has 2 heteroatoms. The van der Waals surface area contributed by atoms with Crippen molar-refractivity contribution in [3.8, 4) is 0 Å². The van der Waals surface area contributed by atoms with Gasteiger partial charge in [-0.05, 0) is 74.2 Å². The van der Waals surface area contributed by atoms with E-state index in [1.54, 1.807) is 0 Å². The molecule has 0 aliphatic rings. The third kappa shape index (κ3) is 3.69. The third-order valence-corrected chi connectivity index (χ3v) is 5.57. The van der Waals surface area contributed by atoms with Crippen molar-refractivity contribution in [1.82, 2.24) is 0 Å². The molecule has 0 spiro atoms. The van der Waals surface area contributed by atoms with Gasteiger partial charge in [0.2, 0.25) is 0 Å². The molecule has 0 saturated carbocycles. The second kappa shape index (κ2) is 8.46. The van der Waals surface area contributed by atoms with Gasteiger partial charge in [0.05, 0.1) is 22.7 Å². The summed E-state index contributed by atoms with van der Waals surface area (Å²) >= 11 is 0. The van der Waals surface area contributed by atoms with Gasteiger partial charge in [0.1, 0.15) is 0 Å². The van der Waals surface area contributed by atoms with Gasteiger partial charge < -0.3 is 0 Å². The fraction of sp³-hybridized carbons (Fsp3) is 0.143. The van der Waals surface area contributed by atoms with Crippen LogP contribution in [0.1, 0.15) is 22.3 Å². The van der Waals surface area contributed by atoms with E-state index in [4.69, 9.17) is 0 Å². The number of rotatable bonds is 5. The lowest BCUT2D eigenvalue weighted by molar-refractivity contribution is 0.964. The number of hydrogen-bond donors (Lipinski definition) is 0. The average Bonchev–Trinajstić information content (AvgIpc) is 2.75. The SMILES string of the molecule is Cc1ccccc1N(c1ccccc1C)N(c1ccccc1C)c1ccccc1C. The van der Waals surface area contributed by atoms with Crippen LogP contribution in [0.25, 0.3) is 0 Å². The van der Waals surface area contributed by atoms with Gasteiger partial charge in [-0.15, -0.1) is 0 Å². The number of benzene rings is 4. The zero-order valence-corrected chi connectivity index (χ0v) is 18.1. The Morgan fingerprint density at radius 3 is 0.733 bits per heavy atom. The number of anilines is 4. The summed E-state index contributed by atoms with van der Waals surface area (Å²) in [6.45, 7) is 8.70. The highest BCUT2D eigenvalue weighted by Crippen LogP contribution is 2.41. The molecule has 30 heavy (non-hydrogen) atoms. The fourth-order valence-electron chi connectivity index (χ4n) is 3.89. The van der Waals surface area contributed by atoms with Crippen molar-refractivity contribution in [2.24, 2.45) is 0 Å². The molecule has 0 aromatic heterocycles. The van der Waals surface area contributed by atoms with Crippen LogP contribution < -0.4 is 10.0 Å². The van der Waals surface area contributed by atoms with Gasteiger partial charge in [-0.1, -0.05) is 72.8 Å². The van der Waals surface area contributed by atoms with Crippen LogP contribution in [0.2, 0.25) is 0 Å². The molecule has 0 atom stereocenters. The molecule has 0 saturated heterocycles. The molecule has 4 aromatic carbocycles. The summed E-state index contributed by atoms with van der Waals surface area (Å²) in [6, 6.07) is 34.3. The fourth-order valence-corrected chi connectivity index (χ4v) is 3.89. The lowest BCUT2D eigenvalue weighted by atomic mass is 10.1. The first-order valence-corrected chi connectivity index (χ1v) is 10.4. The highest BCUT2D eigenvalue weighted by Gasteiger charge is 2.25. The van der Waals surface area contributed by atoms with Crippen LogP contribution in [0.15, 0.2) is 97.1 Å². The van der Waals surface area contributed by atoms with Gasteiger partial charge in [0.25, 0.3) is 0 Å². The van der Waals surface area contributed by atoms with Gasteiger partial charge in [0, 0.05) is 0 Å². The maximum Gasteiger partial charge on any atom is 0.0666 e. The van der Waals surface area contributed by atoms with Crippen molar-refractivity contribution in [3.05, 3.63) is 119 Å². The maximum absolute atomic E-state index is 2.36. The summed E-state index contributed by atoms with van der Waals surface area (Å²) in [6.07, 6.45) is 0. The van der Waals surface area contributed by atoms with Crippen LogP contribution in [0, 0.1) is 27.7 Å². The van der Waals surface area contributed by atoms with Crippen molar-refractivity contribution in [3.63, 3.8) is 0 Å². The minimum absolute atomic E-state index is 1.17. The van der Waals surface area contributed by atoms with Gasteiger partial charge in [-0.3, -0.25) is 0 Å². The molecule has 0 N–H and O–H groups in total. The molecule has 0 fully saturated rings. The van der Waals surface area contributed by atoms with E-state index in [2.05, 4.69) is 135 Å². The Kier molecular flexibility index (Phi) is 5.58. The van der Waals surface area contributed by atoms with E-state index in [1.807, 2.05) is 0 Å². The van der Waals surface area contributed by atoms with Gasteiger partial charge in [0.15, 0.2) is 0 Å². The monoisotopic (exact) mass is 392 g/mol. The molecule has 0 aliphatic heterocycles. The molecule has 2 nitrogen and oxygen atoms in total. The summed E-state index contributed by atoms with van der Waals surface area (Å²) in [4.78, 5) is 0. The van der Waals surface area contributed by atoms with Crippen molar-refractivity contribution in [1.29, 1.82) is 0 Å². The van der Waals surface area contributed by atoms with Crippen LogP contribution in [-0.2, 0) is 0 Å². The van der Waals surface area contributed by atoms with E-state index >= 15 is 0 Å². The lowest BCUT2D eigenvalue weighted by Gasteiger charge is -2.41. The van der Waals surface area contributed by atoms with Gasteiger partial charge in [-0.25, -0.2) is 10.0 Å². The summed E-state index contributed by atoms with van der Waals surface area (Å²) in [5, 5.41) is 4.71. The molecule has 0 radical (unpaired) electrons. The Morgan fingerprint density at radius 2 is 0.533 bits per heavy atom. The largest absolute Gasteiger partial charge is 0.249 e. The van der Waals surface area contributed by atoms with Crippen molar-refractivity contribution in [2.45, 2.75) is 27.7 Å². The molecular formula is C28H28N2. The number of hydrogen-bond acceptors (Lipinski definition) is 2. The molecule has 0 heterocycles. The third-order valence-electron chi connectivity index (χ3n) is 5.57. The van der Waals surface area contributed by atoms with E-state index in [0.717, 1.165) is 0 Å². The highest BCUT2D eigenvalue weighted by atomic mass is 15.6. The Balaban J connectivity index is 2.06. The molecule has 0 bridgehead atoms. The smallest absolute Gasteiger partial charge is 0.0666 e. The Labute approximate surface area is 180 Å². The van der Waals surface area contributed by atoms with Crippen molar-refractivity contribution in [2.75, 3.05) is 10.0 Å². The molecule has 0 amide bonds. The van der Waals surface area contributed by atoms with Crippen LogP contribution in [0.3, 0.4) is 0 Å². The second-order valence-corrected chi connectivity index (χ2v) is 7.77. The molecule has 150 valence electrons. The average molecular weight is 393 g/mol. The van der Waals surface area contributed by atoms with Crippen molar-refractivity contribution >= 4 is 22.7 Å². The van der Waals surface area contributed by atoms with E-state index in [0.29, 0.717) is 0 Å². The predicted molar refractivity (Wildman–Crippen MR) is 129 cm³/mol. The molecule has 4 aromatic rings. The Bertz CT molecular complexity index is 978. The molecular weight excluding hydrogens is 364 g/mol. The standard InChI is InChI=1S/C28H28N2/c1-21-13-5-9-17-25(21)29(26-18-10-6-14-22(26)2)30(27-19-11-7-15-23(27)3)28-20-12-8-16-24(28)4/h5-20H,1-4H3. The van der Waals surface area contributed by atoms with E-state index in [-0.39, 0.29) is 0 Å². The molecule has 4 rings (SSSR count). The second-order valence-electron chi connectivity index (χ2n) is 7.77. The number of para-hydroxylation sites is 4. The van der Waals surface area contributed by atoms with Crippen LogP contribution >= 0.6 is 0 Å². The first-order chi connectivity index (χ1) is 14.6. The van der Waals surface area contributed by atoms with E-state index < -0.39 is 0 Å². The normalized spacial score (nSPS) is 10.7. The minimum Gasteiger partial charge on any atom is -0.249 e.